The van der Waals surface area contributed by atoms with Gasteiger partial charge in [-0.05, 0) is 44.6 Å². The van der Waals surface area contributed by atoms with Gasteiger partial charge >= 0.3 is 0 Å². The summed E-state index contributed by atoms with van der Waals surface area (Å²) in [6, 6.07) is 4.26. The van der Waals surface area contributed by atoms with Crippen molar-refractivity contribution in [1.82, 2.24) is 5.32 Å². The van der Waals surface area contributed by atoms with Gasteiger partial charge in [0.1, 0.15) is 0 Å². The first-order valence-corrected chi connectivity index (χ1v) is 6.85. The third-order valence-corrected chi connectivity index (χ3v) is 3.10. The molecule has 5 heteroatoms. The fourth-order valence-corrected chi connectivity index (χ4v) is 2.38. The smallest absolute Gasteiger partial charge is 0.188 e. The summed E-state index contributed by atoms with van der Waals surface area (Å²) in [6.07, 6.45) is 1.07. The summed E-state index contributed by atoms with van der Waals surface area (Å²) in [5.41, 5.74) is 5.80. The minimum absolute atomic E-state index is 0. The highest BCUT2D eigenvalue weighted by Gasteiger charge is 2.10. The molecule has 104 valence electrons. The predicted molar refractivity (Wildman–Crippen MR) is 92.0 cm³/mol. The lowest BCUT2D eigenvalue weighted by atomic mass is 10.1. The zero-order valence-electron chi connectivity index (χ0n) is 11.6. The standard InChI is InChI=1S/C13H23N3S.HI/c1-10(8-11-6-5-7-17-11)9-15-12(14)16-13(2,3)4;/h5-7,10H,8-9H2,1-4H3,(H3,14,15,16);1H. The summed E-state index contributed by atoms with van der Waals surface area (Å²) >= 11 is 1.80. The second kappa shape index (κ2) is 7.99. The maximum Gasteiger partial charge on any atom is 0.188 e. The number of rotatable bonds is 4. The van der Waals surface area contributed by atoms with Crippen molar-refractivity contribution in [2.45, 2.75) is 39.7 Å². The summed E-state index contributed by atoms with van der Waals surface area (Å²) < 4.78 is 0. The van der Waals surface area contributed by atoms with Gasteiger partial charge < -0.3 is 11.1 Å². The molecule has 1 unspecified atom stereocenters. The van der Waals surface area contributed by atoms with E-state index < -0.39 is 0 Å². The Balaban J connectivity index is 0.00000289. The molecule has 0 radical (unpaired) electrons. The molecule has 0 aliphatic carbocycles. The van der Waals surface area contributed by atoms with Crippen LogP contribution in [0.5, 0.6) is 0 Å². The van der Waals surface area contributed by atoms with E-state index in [-0.39, 0.29) is 29.5 Å². The SMILES string of the molecule is CC(CN=C(N)NC(C)(C)C)Cc1cccs1.I. The van der Waals surface area contributed by atoms with Crippen LogP contribution in [-0.4, -0.2) is 18.0 Å². The third kappa shape index (κ3) is 7.92. The molecule has 0 amide bonds. The average molecular weight is 381 g/mol. The molecule has 0 aromatic carbocycles. The molecule has 0 saturated heterocycles. The Labute approximate surface area is 131 Å². The van der Waals surface area contributed by atoms with Crippen molar-refractivity contribution in [2.75, 3.05) is 6.54 Å². The first-order chi connectivity index (χ1) is 7.87. The zero-order chi connectivity index (χ0) is 12.9. The van der Waals surface area contributed by atoms with E-state index in [1.807, 2.05) is 0 Å². The normalized spacial score (nSPS) is 13.9. The molecule has 1 atom stereocenters. The molecule has 0 bridgehead atoms. The Morgan fingerprint density at radius 2 is 2.17 bits per heavy atom. The van der Waals surface area contributed by atoms with Crippen LogP contribution in [0.4, 0.5) is 0 Å². The number of hydrogen-bond donors (Lipinski definition) is 2. The first kappa shape index (κ1) is 17.7. The van der Waals surface area contributed by atoms with Gasteiger partial charge in [-0.15, -0.1) is 35.3 Å². The maximum atomic E-state index is 5.82. The van der Waals surface area contributed by atoms with E-state index in [0.29, 0.717) is 11.9 Å². The van der Waals surface area contributed by atoms with Crippen LogP contribution in [-0.2, 0) is 6.42 Å². The number of nitrogens with two attached hydrogens (primary N) is 1. The molecule has 3 nitrogen and oxygen atoms in total. The summed E-state index contributed by atoms with van der Waals surface area (Å²) in [4.78, 5) is 5.79. The van der Waals surface area contributed by atoms with Crippen LogP contribution in [0.15, 0.2) is 22.5 Å². The largest absolute Gasteiger partial charge is 0.370 e. The van der Waals surface area contributed by atoms with Gasteiger partial charge in [0.05, 0.1) is 0 Å². The Morgan fingerprint density at radius 1 is 1.50 bits per heavy atom. The van der Waals surface area contributed by atoms with Crippen molar-refractivity contribution in [2.24, 2.45) is 16.6 Å². The van der Waals surface area contributed by atoms with Crippen LogP contribution in [0.2, 0.25) is 0 Å². The van der Waals surface area contributed by atoms with Crippen LogP contribution in [0, 0.1) is 5.92 Å². The summed E-state index contributed by atoms with van der Waals surface area (Å²) in [7, 11) is 0. The molecule has 1 aromatic rings. The van der Waals surface area contributed by atoms with Gasteiger partial charge in [0, 0.05) is 17.0 Å². The van der Waals surface area contributed by atoms with E-state index in [0.717, 1.165) is 13.0 Å². The zero-order valence-corrected chi connectivity index (χ0v) is 14.7. The Bertz CT molecular complexity index is 355. The van der Waals surface area contributed by atoms with Crippen molar-refractivity contribution < 1.29 is 0 Å². The molecule has 0 spiro atoms. The fourth-order valence-electron chi connectivity index (χ4n) is 1.51. The highest BCUT2D eigenvalue weighted by molar-refractivity contribution is 14.0. The molecule has 1 aromatic heterocycles. The maximum absolute atomic E-state index is 5.82. The van der Waals surface area contributed by atoms with Crippen molar-refractivity contribution in [3.05, 3.63) is 22.4 Å². The molecule has 0 fully saturated rings. The van der Waals surface area contributed by atoms with E-state index >= 15 is 0 Å². The topological polar surface area (TPSA) is 50.4 Å². The monoisotopic (exact) mass is 381 g/mol. The van der Waals surface area contributed by atoms with Crippen molar-refractivity contribution in [1.29, 1.82) is 0 Å². The minimum Gasteiger partial charge on any atom is -0.370 e. The molecule has 0 saturated carbocycles. The van der Waals surface area contributed by atoms with Crippen molar-refractivity contribution in [3.63, 3.8) is 0 Å². The van der Waals surface area contributed by atoms with Gasteiger partial charge in [-0.1, -0.05) is 13.0 Å². The van der Waals surface area contributed by atoms with Crippen LogP contribution >= 0.6 is 35.3 Å². The molecule has 18 heavy (non-hydrogen) atoms. The predicted octanol–water partition coefficient (Wildman–Crippen LogP) is 3.25. The lowest BCUT2D eigenvalue weighted by Gasteiger charge is -2.21. The van der Waals surface area contributed by atoms with Gasteiger partial charge in [0.15, 0.2) is 5.96 Å². The number of thiophene rings is 1. The number of guanidine groups is 1. The van der Waals surface area contributed by atoms with Crippen LogP contribution in [0.3, 0.4) is 0 Å². The fraction of sp³-hybridized carbons (Fsp3) is 0.615. The van der Waals surface area contributed by atoms with E-state index in [1.54, 1.807) is 11.3 Å². The second-order valence-electron chi connectivity index (χ2n) is 5.49. The van der Waals surface area contributed by atoms with E-state index in [1.165, 1.54) is 4.88 Å². The molecule has 0 aliphatic rings. The molecule has 0 aliphatic heterocycles. The molecular weight excluding hydrogens is 357 g/mol. The average Bonchev–Trinajstić information content (AvgIpc) is 2.64. The number of hydrogen-bond acceptors (Lipinski definition) is 2. The third-order valence-electron chi connectivity index (χ3n) is 2.21. The Kier molecular flexibility index (Phi) is 7.86. The second-order valence-corrected chi connectivity index (χ2v) is 6.52. The van der Waals surface area contributed by atoms with Crippen LogP contribution < -0.4 is 11.1 Å². The van der Waals surface area contributed by atoms with Gasteiger partial charge in [-0.3, -0.25) is 4.99 Å². The van der Waals surface area contributed by atoms with Gasteiger partial charge in [0.2, 0.25) is 0 Å². The number of nitrogens with zero attached hydrogens (tertiary/aromatic N) is 1. The van der Waals surface area contributed by atoms with Crippen LogP contribution in [0.25, 0.3) is 0 Å². The summed E-state index contributed by atoms with van der Waals surface area (Å²) in [6.45, 7) is 9.19. The summed E-state index contributed by atoms with van der Waals surface area (Å²) in [5.74, 6) is 1.06. The van der Waals surface area contributed by atoms with Gasteiger partial charge in [0.25, 0.3) is 0 Å². The van der Waals surface area contributed by atoms with Crippen molar-refractivity contribution in [3.8, 4) is 0 Å². The lowest BCUT2D eigenvalue weighted by Crippen LogP contribution is -2.45. The lowest BCUT2D eigenvalue weighted by molar-refractivity contribution is 0.505. The number of aliphatic imine (C=N–C) groups is 1. The number of nitrogens with one attached hydrogen (secondary N) is 1. The van der Waals surface area contributed by atoms with Gasteiger partial charge in [-0.25, -0.2) is 0 Å². The van der Waals surface area contributed by atoms with E-state index in [9.17, 15) is 0 Å². The van der Waals surface area contributed by atoms with E-state index in [4.69, 9.17) is 5.73 Å². The minimum atomic E-state index is -0.0232. The molecule has 1 rings (SSSR count). The van der Waals surface area contributed by atoms with E-state index in [2.05, 4.69) is 55.5 Å². The molecule has 1 heterocycles. The molecular formula is C13H24IN3S. The van der Waals surface area contributed by atoms with Crippen molar-refractivity contribution >= 4 is 41.3 Å². The van der Waals surface area contributed by atoms with Gasteiger partial charge in [-0.2, -0.15) is 0 Å². The quantitative estimate of drug-likeness (QED) is 0.478. The number of halogens is 1. The Hall–Kier alpha value is -0.300. The first-order valence-electron chi connectivity index (χ1n) is 5.97. The molecule has 3 N–H and O–H groups in total. The highest BCUT2D eigenvalue weighted by Crippen LogP contribution is 2.14. The van der Waals surface area contributed by atoms with Crippen LogP contribution in [0.1, 0.15) is 32.6 Å². The highest BCUT2D eigenvalue weighted by atomic mass is 127. The summed E-state index contributed by atoms with van der Waals surface area (Å²) in [5, 5.41) is 5.28. The Morgan fingerprint density at radius 3 is 2.67 bits per heavy atom.